The van der Waals surface area contributed by atoms with Crippen molar-refractivity contribution in [2.24, 2.45) is 0 Å². The van der Waals surface area contributed by atoms with E-state index < -0.39 is 17.6 Å². The van der Waals surface area contributed by atoms with Crippen LogP contribution in [-0.4, -0.2) is 60.7 Å². The van der Waals surface area contributed by atoms with Crippen molar-refractivity contribution >= 4 is 23.6 Å². The van der Waals surface area contributed by atoms with Crippen molar-refractivity contribution in [1.29, 1.82) is 0 Å². The molecule has 2 aliphatic rings. The van der Waals surface area contributed by atoms with Crippen LogP contribution in [0.4, 0.5) is 10.5 Å². The maximum absolute atomic E-state index is 12.2. The zero-order chi connectivity index (χ0) is 20.3. The predicted octanol–water partition coefficient (Wildman–Crippen LogP) is 1.93. The van der Waals surface area contributed by atoms with Crippen LogP contribution in [0.5, 0.6) is 5.75 Å². The molecule has 1 atom stereocenters. The number of nitrogens with one attached hydrogen (secondary N) is 1. The average molecular weight is 389 g/mol. The molecule has 1 aromatic carbocycles. The summed E-state index contributed by atoms with van der Waals surface area (Å²) in [6, 6.07) is 7.51. The molecular weight excluding hydrogens is 362 g/mol. The number of carbonyl (C=O) groups excluding carboxylic acids is 3. The van der Waals surface area contributed by atoms with Crippen LogP contribution in [0.15, 0.2) is 24.3 Å². The Morgan fingerprint density at radius 1 is 1.07 bits per heavy atom. The molecule has 0 unspecified atom stereocenters. The maximum atomic E-state index is 12.2. The first-order valence-corrected chi connectivity index (χ1v) is 9.54. The van der Waals surface area contributed by atoms with Gasteiger partial charge in [-0.25, -0.2) is 4.79 Å². The minimum absolute atomic E-state index is 0.259. The zero-order valence-corrected chi connectivity index (χ0v) is 16.6. The molecule has 0 spiro atoms. The number of rotatable bonds is 3. The van der Waals surface area contributed by atoms with Gasteiger partial charge in [0, 0.05) is 44.7 Å². The van der Waals surface area contributed by atoms with Gasteiger partial charge in [0.05, 0.1) is 0 Å². The van der Waals surface area contributed by atoms with Crippen molar-refractivity contribution in [2.75, 3.05) is 31.1 Å². The standard InChI is InChI=1S/C20H27N3O5/c1-20(2,3)28-19(26)23-12-10-22(11-13-23)14-4-6-15(7-5-14)27-16-8-9-17(24)21-18(16)25/h4-7,16H,8-13H2,1-3H3,(H,21,24,25)/t16-/m1/s1. The van der Waals surface area contributed by atoms with Gasteiger partial charge in [-0.05, 0) is 45.0 Å². The largest absolute Gasteiger partial charge is 0.481 e. The third-order valence-electron chi connectivity index (χ3n) is 4.60. The highest BCUT2D eigenvalue weighted by Gasteiger charge is 2.28. The fraction of sp³-hybridized carbons (Fsp3) is 0.550. The molecule has 0 bridgehead atoms. The molecule has 0 saturated carbocycles. The average Bonchev–Trinajstić information content (AvgIpc) is 2.63. The Hall–Kier alpha value is -2.77. The first-order valence-electron chi connectivity index (χ1n) is 9.54. The van der Waals surface area contributed by atoms with Gasteiger partial charge in [0.15, 0.2) is 6.10 Å². The number of hydrogen-bond donors (Lipinski definition) is 1. The molecule has 2 saturated heterocycles. The lowest BCUT2D eigenvalue weighted by atomic mass is 10.1. The van der Waals surface area contributed by atoms with E-state index in [-0.39, 0.29) is 18.4 Å². The number of imide groups is 1. The summed E-state index contributed by atoms with van der Waals surface area (Å²) in [5, 5.41) is 2.29. The molecule has 0 aromatic heterocycles. The normalized spacial score (nSPS) is 20.6. The second-order valence-corrected chi connectivity index (χ2v) is 8.01. The Balaban J connectivity index is 1.51. The molecular formula is C20H27N3O5. The molecule has 0 aliphatic carbocycles. The molecule has 152 valence electrons. The third kappa shape index (κ3) is 5.15. The second-order valence-electron chi connectivity index (χ2n) is 8.01. The summed E-state index contributed by atoms with van der Waals surface area (Å²) in [4.78, 5) is 39.1. The van der Waals surface area contributed by atoms with Crippen LogP contribution in [0.3, 0.4) is 0 Å². The Kier molecular flexibility index (Phi) is 5.76. The quantitative estimate of drug-likeness (QED) is 0.795. The van der Waals surface area contributed by atoms with Crippen LogP contribution in [0.25, 0.3) is 0 Å². The molecule has 28 heavy (non-hydrogen) atoms. The summed E-state index contributed by atoms with van der Waals surface area (Å²) < 4.78 is 11.1. The van der Waals surface area contributed by atoms with E-state index in [1.165, 1.54) is 0 Å². The van der Waals surface area contributed by atoms with E-state index in [0.29, 0.717) is 38.3 Å². The fourth-order valence-electron chi connectivity index (χ4n) is 3.16. The molecule has 1 N–H and O–H groups in total. The minimum atomic E-state index is -0.638. The fourth-order valence-corrected chi connectivity index (χ4v) is 3.16. The minimum Gasteiger partial charge on any atom is -0.481 e. The van der Waals surface area contributed by atoms with Gasteiger partial charge in [0.1, 0.15) is 11.4 Å². The molecule has 2 fully saturated rings. The van der Waals surface area contributed by atoms with Gasteiger partial charge in [-0.2, -0.15) is 0 Å². The number of anilines is 1. The maximum Gasteiger partial charge on any atom is 0.410 e. The number of carbonyl (C=O) groups is 3. The number of benzene rings is 1. The van der Waals surface area contributed by atoms with Crippen molar-refractivity contribution in [3.63, 3.8) is 0 Å². The third-order valence-corrected chi connectivity index (χ3v) is 4.60. The highest BCUT2D eigenvalue weighted by Crippen LogP contribution is 2.23. The first kappa shape index (κ1) is 20.0. The summed E-state index contributed by atoms with van der Waals surface area (Å²) >= 11 is 0. The number of amides is 3. The van der Waals surface area contributed by atoms with Gasteiger partial charge in [0.25, 0.3) is 5.91 Å². The predicted molar refractivity (Wildman–Crippen MR) is 103 cm³/mol. The molecule has 8 nitrogen and oxygen atoms in total. The summed E-state index contributed by atoms with van der Waals surface area (Å²) in [7, 11) is 0. The molecule has 1 aromatic rings. The van der Waals surface area contributed by atoms with Crippen LogP contribution in [0.2, 0.25) is 0 Å². The SMILES string of the molecule is CC(C)(C)OC(=O)N1CCN(c2ccc(O[C@@H]3CCC(=O)NC3=O)cc2)CC1. The summed E-state index contributed by atoms with van der Waals surface area (Å²) in [5.74, 6) is -0.0602. The number of hydrogen-bond acceptors (Lipinski definition) is 6. The van der Waals surface area contributed by atoms with E-state index in [9.17, 15) is 14.4 Å². The lowest BCUT2D eigenvalue weighted by molar-refractivity contribution is -0.138. The van der Waals surface area contributed by atoms with Gasteiger partial charge in [-0.15, -0.1) is 0 Å². The number of nitrogens with zero attached hydrogens (tertiary/aromatic N) is 2. The van der Waals surface area contributed by atoms with Crippen molar-refractivity contribution in [3.05, 3.63) is 24.3 Å². The molecule has 8 heteroatoms. The van der Waals surface area contributed by atoms with Crippen molar-refractivity contribution < 1.29 is 23.9 Å². The smallest absolute Gasteiger partial charge is 0.410 e. The van der Waals surface area contributed by atoms with Crippen molar-refractivity contribution in [3.8, 4) is 5.75 Å². The number of ether oxygens (including phenoxy) is 2. The van der Waals surface area contributed by atoms with Gasteiger partial charge >= 0.3 is 6.09 Å². The van der Waals surface area contributed by atoms with Crippen LogP contribution in [-0.2, 0) is 14.3 Å². The molecule has 2 aliphatic heterocycles. The van der Waals surface area contributed by atoms with Crippen LogP contribution in [0.1, 0.15) is 33.6 Å². The Labute approximate surface area is 164 Å². The van der Waals surface area contributed by atoms with Crippen molar-refractivity contribution in [1.82, 2.24) is 10.2 Å². The number of piperazine rings is 1. The van der Waals surface area contributed by atoms with Crippen LogP contribution < -0.4 is 15.0 Å². The second kappa shape index (κ2) is 8.08. The molecule has 3 rings (SSSR count). The van der Waals surface area contributed by atoms with Gasteiger partial charge in [0.2, 0.25) is 5.91 Å². The van der Waals surface area contributed by atoms with Crippen LogP contribution in [0, 0.1) is 0 Å². The highest BCUT2D eigenvalue weighted by molar-refractivity contribution is 5.99. The van der Waals surface area contributed by atoms with Crippen molar-refractivity contribution in [2.45, 2.75) is 45.3 Å². The van der Waals surface area contributed by atoms with E-state index in [1.54, 1.807) is 4.90 Å². The monoisotopic (exact) mass is 389 g/mol. The van der Waals surface area contributed by atoms with E-state index in [0.717, 1.165) is 5.69 Å². The lowest BCUT2D eigenvalue weighted by Gasteiger charge is -2.36. The van der Waals surface area contributed by atoms with E-state index in [1.807, 2.05) is 45.0 Å². The lowest BCUT2D eigenvalue weighted by Crippen LogP contribution is -2.50. The Bertz CT molecular complexity index is 733. The number of piperidine rings is 1. The van der Waals surface area contributed by atoms with E-state index >= 15 is 0 Å². The molecule has 0 radical (unpaired) electrons. The highest BCUT2D eigenvalue weighted by atomic mass is 16.6. The molecule has 3 amide bonds. The van der Waals surface area contributed by atoms with Crippen LogP contribution >= 0.6 is 0 Å². The van der Waals surface area contributed by atoms with Gasteiger partial charge in [-0.1, -0.05) is 0 Å². The van der Waals surface area contributed by atoms with Gasteiger partial charge in [-0.3, -0.25) is 14.9 Å². The molecule has 2 heterocycles. The summed E-state index contributed by atoms with van der Waals surface area (Å²) in [6.45, 7) is 8.21. The first-order chi connectivity index (χ1) is 13.2. The van der Waals surface area contributed by atoms with Gasteiger partial charge < -0.3 is 19.3 Å². The summed E-state index contributed by atoms with van der Waals surface area (Å²) in [5.41, 5.74) is 0.534. The topological polar surface area (TPSA) is 88.2 Å². The zero-order valence-electron chi connectivity index (χ0n) is 16.6. The van der Waals surface area contributed by atoms with E-state index in [2.05, 4.69) is 10.2 Å². The Morgan fingerprint density at radius 3 is 2.29 bits per heavy atom. The summed E-state index contributed by atoms with van der Waals surface area (Å²) in [6.07, 6.45) is -0.240. The Morgan fingerprint density at radius 2 is 1.71 bits per heavy atom. The van der Waals surface area contributed by atoms with E-state index in [4.69, 9.17) is 9.47 Å².